The number of benzene rings is 2. The number of ether oxygens (including phenoxy) is 2. The fourth-order valence-electron chi connectivity index (χ4n) is 4.87. The molecule has 0 unspecified atom stereocenters. The highest BCUT2D eigenvalue weighted by molar-refractivity contribution is 14.1. The summed E-state index contributed by atoms with van der Waals surface area (Å²) in [6.07, 6.45) is 6.53. The molecule has 1 saturated heterocycles. The Morgan fingerprint density at radius 1 is 1.12 bits per heavy atom. The second-order valence-electron chi connectivity index (χ2n) is 8.29. The van der Waals surface area contributed by atoms with Gasteiger partial charge in [0.1, 0.15) is 6.61 Å². The van der Waals surface area contributed by atoms with Crippen molar-refractivity contribution in [1.29, 1.82) is 0 Å². The van der Waals surface area contributed by atoms with Crippen LogP contribution in [0.15, 0.2) is 47.6 Å². The summed E-state index contributed by atoms with van der Waals surface area (Å²) in [6, 6.07) is 8.83. The quantitative estimate of drug-likeness (QED) is 0.196. The number of fused-ring (bicyclic) bond motifs is 5. The van der Waals surface area contributed by atoms with Crippen LogP contribution in [0.5, 0.6) is 11.5 Å². The number of imide groups is 1. The van der Waals surface area contributed by atoms with Crippen molar-refractivity contribution < 1.29 is 19.1 Å². The summed E-state index contributed by atoms with van der Waals surface area (Å²) in [5.74, 6) is 0.425. The van der Waals surface area contributed by atoms with Gasteiger partial charge < -0.3 is 9.47 Å². The first kappa shape index (κ1) is 22.7. The van der Waals surface area contributed by atoms with E-state index in [1.54, 1.807) is 25.3 Å². The molecule has 1 heterocycles. The Hall–Kier alpha value is -2.10. The molecule has 0 spiro atoms. The van der Waals surface area contributed by atoms with E-state index in [4.69, 9.17) is 32.7 Å². The number of carbonyl (C=O) groups excluding carboxylic acids is 2. The SMILES string of the molecule is COc1cc(/C=N\N2C(=O)[C@H]3[C@H](C2=O)[C@H]2C=C[C@H]3C2)cc(I)c1OCc1ccc(Cl)cc1Cl. The highest BCUT2D eigenvalue weighted by atomic mass is 127. The predicted octanol–water partition coefficient (Wildman–Crippen LogP) is 5.33. The van der Waals surface area contributed by atoms with Gasteiger partial charge >= 0.3 is 0 Å². The highest BCUT2D eigenvalue weighted by Gasteiger charge is 2.59. The molecule has 2 aromatic carbocycles. The molecular formula is C24H19Cl2IN2O4. The van der Waals surface area contributed by atoms with Crippen molar-refractivity contribution in [3.8, 4) is 11.5 Å². The maximum atomic E-state index is 12.8. The molecular weight excluding hydrogens is 578 g/mol. The number of methoxy groups -OCH3 is 1. The Bertz CT molecular complexity index is 1190. The van der Waals surface area contributed by atoms with Crippen LogP contribution in [0.1, 0.15) is 17.5 Å². The molecule has 33 heavy (non-hydrogen) atoms. The molecule has 1 saturated carbocycles. The fraction of sp³-hybridized carbons (Fsp3) is 0.292. The largest absolute Gasteiger partial charge is 0.493 e. The average Bonchev–Trinajstić information content (AvgIpc) is 3.46. The van der Waals surface area contributed by atoms with Gasteiger partial charge in [-0.1, -0.05) is 41.4 Å². The van der Waals surface area contributed by atoms with Crippen LogP contribution >= 0.6 is 45.8 Å². The van der Waals surface area contributed by atoms with E-state index in [0.717, 1.165) is 20.6 Å². The van der Waals surface area contributed by atoms with Gasteiger partial charge in [-0.15, -0.1) is 0 Å². The molecule has 5 rings (SSSR count). The van der Waals surface area contributed by atoms with Crippen LogP contribution in [0, 0.1) is 27.2 Å². The summed E-state index contributed by atoms with van der Waals surface area (Å²) in [6.45, 7) is 0.242. The van der Waals surface area contributed by atoms with Crippen molar-refractivity contribution in [2.24, 2.45) is 28.8 Å². The fourth-order valence-corrected chi connectivity index (χ4v) is 6.11. The van der Waals surface area contributed by atoms with Crippen molar-refractivity contribution in [1.82, 2.24) is 5.01 Å². The Morgan fingerprint density at radius 3 is 2.45 bits per heavy atom. The molecule has 2 aliphatic carbocycles. The van der Waals surface area contributed by atoms with Gasteiger partial charge in [-0.25, -0.2) is 0 Å². The van der Waals surface area contributed by atoms with E-state index in [1.807, 2.05) is 12.1 Å². The second-order valence-corrected chi connectivity index (χ2v) is 10.3. The van der Waals surface area contributed by atoms with E-state index < -0.39 is 0 Å². The minimum Gasteiger partial charge on any atom is -0.493 e. The van der Waals surface area contributed by atoms with E-state index in [1.165, 1.54) is 6.21 Å². The lowest BCUT2D eigenvalue weighted by atomic mass is 9.85. The number of halogens is 3. The van der Waals surface area contributed by atoms with Crippen LogP contribution in [0.3, 0.4) is 0 Å². The van der Waals surface area contributed by atoms with E-state index in [-0.39, 0.29) is 42.1 Å². The van der Waals surface area contributed by atoms with E-state index in [2.05, 4.69) is 39.8 Å². The molecule has 2 amide bonds. The Balaban J connectivity index is 1.33. The lowest BCUT2D eigenvalue weighted by molar-refractivity contribution is -0.140. The molecule has 4 atom stereocenters. The molecule has 9 heteroatoms. The van der Waals surface area contributed by atoms with Crippen molar-refractivity contribution in [2.45, 2.75) is 13.0 Å². The minimum atomic E-state index is -0.269. The summed E-state index contributed by atoms with van der Waals surface area (Å²) in [5.41, 5.74) is 1.48. The van der Waals surface area contributed by atoms with Crippen LogP contribution in [0.2, 0.25) is 10.0 Å². The van der Waals surface area contributed by atoms with Crippen LogP contribution in [0.4, 0.5) is 0 Å². The number of carbonyl (C=O) groups is 2. The zero-order chi connectivity index (χ0) is 23.3. The van der Waals surface area contributed by atoms with Gasteiger partial charge in [-0.3, -0.25) is 9.59 Å². The van der Waals surface area contributed by atoms with Gasteiger partial charge in [0.25, 0.3) is 11.8 Å². The molecule has 1 aliphatic heterocycles. The predicted molar refractivity (Wildman–Crippen MR) is 134 cm³/mol. The smallest absolute Gasteiger partial charge is 0.254 e. The Morgan fingerprint density at radius 2 is 1.82 bits per heavy atom. The number of hydrogen-bond donors (Lipinski definition) is 0. The van der Waals surface area contributed by atoms with Gasteiger partial charge in [0, 0.05) is 15.6 Å². The van der Waals surface area contributed by atoms with Crippen LogP contribution in [-0.2, 0) is 16.2 Å². The molecule has 170 valence electrons. The summed E-state index contributed by atoms with van der Waals surface area (Å²) in [7, 11) is 1.55. The third kappa shape index (κ3) is 4.04. The zero-order valence-corrected chi connectivity index (χ0v) is 21.2. The number of hydrazone groups is 1. The number of hydrogen-bond acceptors (Lipinski definition) is 5. The van der Waals surface area contributed by atoms with E-state index in [9.17, 15) is 9.59 Å². The molecule has 0 radical (unpaired) electrons. The number of allylic oxidation sites excluding steroid dienone is 2. The van der Waals surface area contributed by atoms with Crippen LogP contribution in [0.25, 0.3) is 0 Å². The molecule has 3 aliphatic rings. The first-order chi connectivity index (χ1) is 15.9. The second kappa shape index (κ2) is 8.92. The first-order valence-electron chi connectivity index (χ1n) is 10.4. The van der Waals surface area contributed by atoms with Crippen molar-refractivity contribution in [3.05, 3.63) is 67.2 Å². The molecule has 0 N–H and O–H groups in total. The third-order valence-corrected chi connectivity index (χ3v) is 7.80. The Kier molecular flexibility index (Phi) is 6.13. The van der Waals surface area contributed by atoms with Gasteiger partial charge in [-0.2, -0.15) is 10.1 Å². The van der Waals surface area contributed by atoms with Crippen molar-refractivity contribution in [3.63, 3.8) is 0 Å². The average molecular weight is 597 g/mol. The van der Waals surface area contributed by atoms with Crippen molar-refractivity contribution in [2.75, 3.05) is 7.11 Å². The maximum Gasteiger partial charge on any atom is 0.254 e. The Labute approximate surface area is 214 Å². The summed E-state index contributed by atoms with van der Waals surface area (Å²) >= 11 is 14.3. The van der Waals surface area contributed by atoms with Crippen LogP contribution < -0.4 is 9.47 Å². The minimum absolute atomic E-state index is 0.156. The zero-order valence-electron chi connectivity index (χ0n) is 17.5. The van der Waals surface area contributed by atoms with Gasteiger partial charge in [0.05, 0.1) is 28.7 Å². The summed E-state index contributed by atoms with van der Waals surface area (Å²) in [4.78, 5) is 25.6. The molecule has 2 aromatic rings. The van der Waals surface area contributed by atoms with Gasteiger partial charge in [0.15, 0.2) is 11.5 Å². The van der Waals surface area contributed by atoms with E-state index >= 15 is 0 Å². The number of nitrogens with zero attached hydrogens (tertiary/aromatic N) is 2. The van der Waals surface area contributed by atoms with Crippen LogP contribution in [-0.4, -0.2) is 30.1 Å². The lowest BCUT2D eigenvalue weighted by Crippen LogP contribution is -2.28. The third-order valence-electron chi connectivity index (χ3n) is 6.41. The normalized spacial score (nSPS) is 25.4. The summed E-state index contributed by atoms with van der Waals surface area (Å²) < 4.78 is 12.3. The lowest BCUT2D eigenvalue weighted by Gasteiger charge is -2.15. The van der Waals surface area contributed by atoms with Gasteiger partial charge in [0.2, 0.25) is 0 Å². The molecule has 6 nitrogen and oxygen atoms in total. The number of rotatable bonds is 6. The van der Waals surface area contributed by atoms with Gasteiger partial charge in [-0.05, 0) is 70.7 Å². The number of amides is 2. The molecule has 0 aromatic heterocycles. The van der Waals surface area contributed by atoms with Crippen molar-refractivity contribution >= 4 is 63.8 Å². The highest BCUT2D eigenvalue weighted by Crippen LogP contribution is 2.52. The standard InChI is InChI=1S/C24H19Cl2IN2O4/c1-32-19-7-12(6-18(27)22(19)33-11-15-4-5-16(25)9-17(15)26)10-28-29-23(30)20-13-2-3-14(8-13)21(20)24(29)31/h2-7,9-10,13-14,20-21H,8,11H2,1H3/b28-10-/t13-,14-,20+,21+/m0/s1. The topological polar surface area (TPSA) is 68.2 Å². The monoisotopic (exact) mass is 596 g/mol. The maximum absolute atomic E-state index is 12.8. The molecule has 2 bridgehead atoms. The van der Waals surface area contributed by atoms with E-state index in [0.29, 0.717) is 27.1 Å². The summed E-state index contributed by atoms with van der Waals surface area (Å²) in [5, 5.41) is 6.36. The first-order valence-corrected chi connectivity index (χ1v) is 12.2. The molecule has 2 fully saturated rings.